The van der Waals surface area contributed by atoms with E-state index in [-0.39, 0.29) is 5.56 Å². The van der Waals surface area contributed by atoms with Gasteiger partial charge < -0.3 is 0 Å². The Balaban J connectivity index is 2.18. The van der Waals surface area contributed by atoms with Crippen molar-refractivity contribution in [2.24, 2.45) is 0 Å². The number of unbranched alkanes of at least 4 members (excludes halogenated alkanes) is 1. The second-order valence-corrected chi connectivity index (χ2v) is 5.10. The molecule has 0 N–H and O–H groups in total. The fourth-order valence-electron chi connectivity index (χ4n) is 2.44. The second kappa shape index (κ2) is 5.52. The quantitative estimate of drug-likeness (QED) is 0.739. The first kappa shape index (κ1) is 13.5. The van der Waals surface area contributed by atoms with E-state index in [9.17, 15) is 4.79 Å². The van der Waals surface area contributed by atoms with E-state index in [0.717, 1.165) is 24.4 Å². The molecule has 0 unspecified atom stereocenters. The van der Waals surface area contributed by atoms with Gasteiger partial charge >= 0.3 is 0 Å². The van der Waals surface area contributed by atoms with Gasteiger partial charge in [0, 0.05) is 6.54 Å². The third-order valence-electron chi connectivity index (χ3n) is 3.61. The third-order valence-corrected chi connectivity index (χ3v) is 3.61. The zero-order valence-corrected chi connectivity index (χ0v) is 12.3. The topological polar surface area (TPSA) is 52.7 Å². The van der Waals surface area contributed by atoms with Crippen molar-refractivity contribution >= 4 is 11.0 Å². The predicted molar refractivity (Wildman–Crippen MR) is 82.8 cm³/mol. The van der Waals surface area contributed by atoms with E-state index < -0.39 is 0 Å². The van der Waals surface area contributed by atoms with Crippen molar-refractivity contribution in [1.29, 1.82) is 0 Å². The van der Waals surface area contributed by atoms with Crippen molar-refractivity contribution in [2.45, 2.75) is 33.2 Å². The molecule has 0 fully saturated rings. The molecule has 3 aromatic rings. The molecular formula is C16H18N4O. The van der Waals surface area contributed by atoms with Crippen molar-refractivity contribution in [3.8, 4) is 5.69 Å². The van der Waals surface area contributed by atoms with Crippen LogP contribution in [0.1, 0.15) is 25.6 Å². The molecule has 0 atom stereocenters. The van der Waals surface area contributed by atoms with Gasteiger partial charge in [-0.1, -0.05) is 31.5 Å². The van der Waals surface area contributed by atoms with Gasteiger partial charge in [0.15, 0.2) is 5.65 Å². The van der Waals surface area contributed by atoms with Crippen LogP contribution in [0.15, 0.2) is 41.3 Å². The molecule has 5 heteroatoms. The van der Waals surface area contributed by atoms with Gasteiger partial charge in [0.25, 0.3) is 5.56 Å². The molecule has 0 aliphatic carbocycles. The molecule has 0 radical (unpaired) electrons. The van der Waals surface area contributed by atoms with Crippen LogP contribution in [0.25, 0.3) is 16.7 Å². The summed E-state index contributed by atoms with van der Waals surface area (Å²) >= 11 is 0. The molecule has 21 heavy (non-hydrogen) atoms. The van der Waals surface area contributed by atoms with Crippen molar-refractivity contribution in [3.63, 3.8) is 0 Å². The SMILES string of the molecule is CCCCn1c(C)nc2c(cnn2-c2ccccc2)c1=O. The number of nitrogens with zero attached hydrogens (tertiary/aromatic N) is 4. The minimum absolute atomic E-state index is 0.00636. The summed E-state index contributed by atoms with van der Waals surface area (Å²) in [5, 5.41) is 4.90. The summed E-state index contributed by atoms with van der Waals surface area (Å²) in [6.07, 6.45) is 3.63. The Hall–Kier alpha value is -2.43. The third kappa shape index (κ3) is 2.35. The Morgan fingerprint density at radius 2 is 1.95 bits per heavy atom. The summed E-state index contributed by atoms with van der Waals surface area (Å²) in [6.45, 7) is 4.69. The molecule has 0 saturated carbocycles. The lowest BCUT2D eigenvalue weighted by Gasteiger charge is -2.09. The van der Waals surface area contributed by atoms with E-state index in [1.165, 1.54) is 0 Å². The van der Waals surface area contributed by atoms with Gasteiger partial charge in [-0.3, -0.25) is 9.36 Å². The molecule has 108 valence electrons. The Bertz CT molecular complexity index is 817. The van der Waals surface area contributed by atoms with E-state index in [1.54, 1.807) is 15.4 Å². The Labute approximate surface area is 122 Å². The normalized spacial score (nSPS) is 11.1. The van der Waals surface area contributed by atoms with Crippen LogP contribution in [0.4, 0.5) is 0 Å². The Morgan fingerprint density at radius 1 is 1.19 bits per heavy atom. The molecule has 0 amide bonds. The van der Waals surface area contributed by atoms with E-state index in [4.69, 9.17) is 0 Å². The number of hydrogen-bond donors (Lipinski definition) is 0. The highest BCUT2D eigenvalue weighted by atomic mass is 16.1. The zero-order chi connectivity index (χ0) is 14.8. The summed E-state index contributed by atoms with van der Waals surface area (Å²) in [5.41, 5.74) is 1.52. The van der Waals surface area contributed by atoms with Crippen LogP contribution in [-0.2, 0) is 6.54 Å². The highest BCUT2D eigenvalue weighted by Gasteiger charge is 2.13. The van der Waals surface area contributed by atoms with Crippen molar-refractivity contribution in [2.75, 3.05) is 0 Å². The van der Waals surface area contributed by atoms with Gasteiger partial charge in [0.2, 0.25) is 0 Å². The minimum atomic E-state index is -0.00636. The molecule has 5 nitrogen and oxygen atoms in total. The largest absolute Gasteiger partial charge is 0.296 e. The van der Waals surface area contributed by atoms with E-state index in [0.29, 0.717) is 17.6 Å². The molecule has 2 heterocycles. The van der Waals surface area contributed by atoms with Gasteiger partial charge in [-0.05, 0) is 25.5 Å². The lowest BCUT2D eigenvalue weighted by Crippen LogP contribution is -2.24. The standard InChI is InChI=1S/C16H18N4O/c1-3-4-10-19-12(2)18-15-14(16(19)21)11-17-20(15)13-8-6-5-7-9-13/h5-9,11H,3-4,10H2,1-2H3. The lowest BCUT2D eigenvalue weighted by molar-refractivity contribution is 0.590. The first-order valence-corrected chi connectivity index (χ1v) is 7.23. The zero-order valence-electron chi connectivity index (χ0n) is 12.3. The Morgan fingerprint density at radius 3 is 2.67 bits per heavy atom. The fraction of sp³-hybridized carbons (Fsp3) is 0.312. The van der Waals surface area contributed by atoms with Crippen LogP contribution < -0.4 is 5.56 Å². The summed E-state index contributed by atoms with van der Waals surface area (Å²) in [4.78, 5) is 17.2. The number of aromatic nitrogens is 4. The molecule has 0 spiro atoms. The van der Waals surface area contributed by atoms with Crippen molar-refractivity contribution in [3.05, 3.63) is 52.7 Å². The van der Waals surface area contributed by atoms with Gasteiger partial charge in [-0.15, -0.1) is 0 Å². The van der Waals surface area contributed by atoms with Crippen LogP contribution in [-0.4, -0.2) is 19.3 Å². The minimum Gasteiger partial charge on any atom is -0.296 e. The maximum Gasteiger partial charge on any atom is 0.264 e. The number of para-hydroxylation sites is 1. The smallest absolute Gasteiger partial charge is 0.264 e. The molecule has 0 aliphatic rings. The highest BCUT2D eigenvalue weighted by molar-refractivity contribution is 5.75. The van der Waals surface area contributed by atoms with Crippen LogP contribution in [0.5, 0.6) is 0 Å². The molecule has 2 aromatic heterocycles. The molecule has 0 aliphatic heterocycles. The maximum absolute atomic E-state index is 12.6. The summed E-state index contributed by atoms with van der Waals surface area (Å²) < 4.78 is 3.46. The first-order chi connectivity index (χ1) is 10.2. The first-order valence-electron chi connectivity index (χ1n) is 7.23. The second-order valence-electron chi connectivity index (χ2n) is 5.10. The monoisotopic (exact) mass is 282 g/mol. The van der Waals surface area contributed by atoms with Crippen LogP contribution in [0.3, 0.4) is 0 Å². The van der Waals surface area contributed by atoms with Gasteiger partial charge in [0.1, 0.15) is 11.2 Å². The Kier molecular flexibility index (Phi) is 3.56. The number of aryl methyl sites for hydroxylation is 1. The number of benzene rings is 1. The fourth-order valence-corrected chi connectivity index (χ4v) is 2.44. The summed E-state index contributed by atoms with van der Waals surface area (Å²) in [6, 6.07) is 9.74. The average molecular weight is 282 g/mol. The van der Waals surface area contributed by atoms with Crippen LogP contribution in [0.2, 0.25) is 0 Å². The van der Waals surface area contributed by atoms with Crippen LogP contribution in [0, 0.1) is 6.92 Å². The van der Waals surface area contributed by atoms with Gasteiger partial charge in [0.05, 0.1) is 11.9 Å². The molecule has 3 rings (SSSR count). The number of rotatable bonds is 4. The molecule has 1 aromatic carbocycles. The summed E-state index contributed by atoms with van der Waals surface area (Å²) in [7, 11) is 0. The molecular weight excluding hydrogens is 264 g/mol. The van der Waals surface area contributed by atoms with Gasteiger partial charge in [-0.25, -0.2) is 9.67 Å². The molecule has 0 saturated heterocycles. The predicted octanol–water partition coefficient (Wildman–Crippen LogP) is 2.69. The maximum atomic E-state index is 12.6. The highest BCUT2D eigenvalue weighted by Crippen LogP contribution is 2.14. The van der Waals surface area contributed by atoms with E-state index in [2.05, 4.69) is 17.0 Å². The number of fused-ring (bicyclic) bond motifs is 1. The van der Waals surface area contributed by atoms with Crippen molar-refractivity contribution < 1.29 is 0 Å². The lowest BCUT2D eigenvalue weighted by atomic mass is 10.3. The summed E-state index contributed by atoms with van der Waals surface area (Å²) in [5.74, 6) is 0.735. The number of hydrogen-bond acceptors (Lipinski definition) is 3. The van der Waals surface area contributed by atoms with Crippen LogP contribution >= 0.6 is 0 Å². The molecule has 0 bridgehead atoms. The van der Waals surface area contributed by atoms with Crippen molar-refractivity contribution in [1.82, 2.24) is 19.3 Å². The van der Waals surface area contributed by atoms with Gasteiger partial charge in [-0.2, -0.15) is 5.10 Å². The average Bonchev–Trinajstić information content (AvgIpc) is 2.92. The van der Waals surface area contributed by atoms with E-state index >= 15 is 0 Å². The van der Waals surface area contributed by atoms with E-state index in [1.807, 2.05) is 37.3 Å².